The van der Waals surface area contributed by atoms with E-state index in [1.165, 1.54) is 25.0 Å². The Labute approximate surface area is 110 Å². The van der Waals surface area contributed by atoms with Gasteiger partial charge in [-0.2, -0.15) is 0 Å². The SMILES string of the molecule is CC(c1cccc(F)c1)n1nnnc1CNC1CC1. The van der Waals surface area contributed by atoms with E-state index >= 15 is 0 Å². The first-order valence-electron chi connectivity index (χ1n) is 6.49. The second kappa shape index (κ2) is 5.05. The highest BCUT2D eigenvalue weighted by Gasteiger charge is 2.22. The smallest absolute Gasteiger partial charge is 0.165 e. The molecule has 1 saturated carbocycles. The highest BCUT2D eigenvalue weighted by Crippen LogP contribution is 2.21. The number of nitrogens with one attached hydrogen (secondary N) is 1. The van der Waals surface area contributed by atoms with Crippen molar-refractivity contribution >= 4 is 0 Å². The fourth-order valence-corrected chi connectivity index (χ4v) is 2.06. The Morgan fingerprint density at radius 1 is 1.47 bits per heavy atom. The van der Waals surface area contributed by atoms with E-state index in [0.717, 1.165) is 11.4 Å². The minimum Gasteiger partial charge on any atom is -0.307 e. The molecular formula is C13H16FN5. The van der Waals surface area contributed by atoms with E-state index in [1.807, 2.05) is 13.0 Å². The molecule has 1 unspecified atom stereocenters. The maximum absolute atomic E-state index is 13.3. The van der Waals surface area contributed by atoms with Crippen LogP contribution in [0.1, 0.15) is 37.2 Å². The molecule has 0 amide bonds. The van der Waals surface area contributed by atoms with Crippen molar-refractivity contribution in [1.29, 1.82) is 0 Å². The molecule has 6 heteroatoms. The number of tetrazole rings is 1. The number of aromatic nitrogens is 4. The standard InChI is InChI=1S/C13H16FN5/c1-9(10-3-2-4-11(14)7-10)19-13(16-17-18-19)8-15-12-5-6-12/h2-4,7,9,12,15H,5-6,8H2,1H3. The van der Waals surface area contributed by atoms with Gasteiger partial charge in [0, 0.05) is 6.04 Å². The summed E-state index contributed by atoms with van der Waals surface area (Å²) in [4.78, 5) is 0. The molecule has 5 nitrogen and oxygen atoms in total. The average molecular weight is 261 g/mol. The molecule has 0 radical (unpaired) electrons. The molecule has 1 aliphatic carbocycles. The van der Waals surface area contributed by atoms with Crippen LogP contribution in [0, 0.1) is 5.82 Å². The Balaban J connectivity index is 1.78. The van der Waals surface area contributed by atoms with Gasteiger partial charge in [-0.25, -0.2) is 9.07 Å². The summed E-state index contributed by atoms with van der Waals surface area (Å²) in [5.41, 5.74) is 0.861. The molecule has 1 atom stereocenters. The van der Waals surface area contributed by atoms with Crippen molar-refractivity contribution in [1.82, 2.24) is 25.5 Å². The van der Waals surface area contributed by atoms with E-state index in [4.69, 9.17) is 0 Å². The first-order chi connectivity index (χ1) is 9.24. The van der Waals surface area contributed by atoms with Crippen LogP contribution in [0.3, 0.4) is 0 Å². The lowest BCUT2D eigenvalue weighted by molar-refractivity contribution is 0.501. The van der Waals surface area contributed by atoms with Gasteiger partial charge >= 0.3 is 0 Å². The molecule has 1 fully saturated rings. The van der Waals surface area contributed by atoms with Crippen LogP contribution in [-0.2, 0) is 6.54 Å². The monoisotopic (exact) mass is 261 g/mol. The van der Waals surface area contributed by atoms with Gasteiger partial charge in [0.05, 0.1) is 12.6 Å². The van der Waals surface area contributed by atoms with Crippen molar-refractivity contribution in [2.45, 2.75) is 38.4 Å². The molecule has 0 saturated heterocycles. The summed E-state index contributed by atoms with van der Waals surface area (Å²) in [6.07, 6.45) is 2.45. The summed E-state index contributed by atoms with van der Waals surface area (Å²) in [7, 11) is 0. The lowest BCUT2D eigenvalue weighted by Gasteiger charge is -2.14. The number of hydrogen-bond acceptors (Lipinski definition) is 4. The molecule has 0 aliphatic heterocycles. The van der Waals surface area contributed by atoms with Crippen LogP contribution in [0.15, 0.2) is 24.3 Å². The topological polar surface area (TPSA) is 55.6 Å². The molecule has 1 heterocycles. The zero-order valence-corrected chi connectivity index (χ0v) is 10.8. The first-order valence-corrected chi connectivity index (χ1v) is 6.49. The largest absolute Gasteiger partial charge is 0.307 e. The predicted molar refractivity (Wildman–Crippen MR) is 67.9 cm³/mol. The van der Waals surface area contributed by atoms with Gasteiger partial charge in [0.1, 0.15) is 5.82 Å². The highest BCUT2D eigenvalue weighted by atomic mass is 19.1. The number of benzene rings is 1. The first kappa shape index (κ1) is 12.2. The van der Waals surface area contributed by atoms with Gasteiger partial charge in [0.25, 0.3) is 0 Å². The quantitative estimate of drug-likeness (QED) is 0.889. The van der Waals surface area contributed by atoms with E-state index < -0.39 is 0 Å². The van der Waals surface area contributed by atoms with Crippen molar-refractivity contribution in [3.63, 3.8) is 0 Å². The molecule has 100 valence electrons. The summed E-state index contributed by atoms with van der Waals surface area (Å²) in [6.45, 7) is 2.61. The van der Waals surface area contributed by atoms with E-state index in [-0.39, 0.29) is 11.9 Å². The van der Waals surface area contributed by atoms with E-state index in [2.05, 4.69) is 20.8 Å². The van der Waals surface area contributed by atoms with E-state index in [9.17, 15) is 4.39 Å². The van der Waals surface area contributed by atoms with Gasteiger partial charge in [-0.15, -0.1) is 5.10 Å². The molecule has 1 N–H and O–H groups in total. The van der Waals surface area contributed by atoms with Crippen molar-refractivity contribution in [2.75, 3.05) is 0 Å². The van der Waals surface area contributed by atoms with Gasteiger partial charge in [0.15, 0.2) is 5.82 Å². The fraction of sp³-hybridized carbons (Fsp3) is 0.462. The number of nitrogens with zero attached hydrogens (tertiary/aromatic N) is 4. The second-order valence-electron chi connectivity index (χ2n) is 4.93. The van der Waals surface area contributed by atoms with Crippen LogP contribution in [-0.4, -0.2) is 26.2 Å². The van der Waals surface area contributed by atoms with Crippen LogP contribution >= 0.6 is 0 Å². The molecule has 0 bridgehead atoms. The zero-order valence-electron chi connectivity index (χ0n) is 10.8. The predicted octanol–water partition coefficient (Wildman–Crippen LogP) is 1.67. The summed E-state index contributed by atoms with van der Waals surface area (Å²) in [6, 6.07) is 7.06. The normalized spacial score (nSPS) is 16.5. The van der Waals surface area contributed by atoms with Gasteiger partial charge in [0.2, 0.25) is 0 Å². The summed E-state index contributed by atoms with van der Waals surface area (Å²) in [5.74, 6) is 0.541. The van der Waals surface area contributed by atoms with Crippen molar-refractivity contribution < 1.29 is 4.39 Å². The lowest BCUT2D eigenvalue weighted by Crippen LogP contribution is -2.21. The highest BCUT2D eigenvalue weighted by molar-refractivity contribution is 5.20. The number of rotatable bonds is 5. The Morgan fingerprint density at radius 3 is 3.05 bits per heavy atom. The van der Waals surface area contributed by atoms with Crippen LogP contribution < -0.4 is 5.32 Å². The maximum Gasteiger partial charge on any atom is 0.165 e. The van der Waals surface area contributed by atoms with Gasteiger partial charge in [-0.3, -0.25) is 0 Å². The van der Waals surface area contributed by atoms with Crippen molar-refractivity contribution in [2.24, 2.45) is 0 Å². The Morgan fingerprint density at radius 2 is 2.32 bits per heavy atom. The van der Waals surface area contributed by atoms with Crippen molar-refractivity contribution in [3.05, 3.63) is 41.5 Å². The van der Waals surface area contributed by atoms with Crippen LogP contribution in [0.4, 0.5) is 4.39 Å². The Bertz CT molecular complexity index is 564. The molecule has 1 aromatic carbocycles. The third-order valence-electron chi connectivity index (χ3n) is 3.39. The minimum atomic E-state index is -0.241. The number of halogens is 1. The average Bonchev–Trinajstić information content (AvgIpc) is 3.13. The van der Waals surface area contributed by atoms with Gasteiger partial charge in [-0.05, 0) is 47.9 Å². The molecule has 19 heavy (non-hydrogen) atoms. The number of hydrogen-bond donors (Lipinski definition) is 1. The Hall–Kier alpha value is -1.82. The molecule has 0 spiro atoms. The molecule has 2 aromatic rings. The third kappa shape index (κ3) is 2.78. The van der Waals surface area contributed by atoms with Crippen LogP contribution in [0.2, 0.25) is 0 Å². The summed E-state index contributed by atoms with van der Waals surface area (Å²) < 4.78 is 15.0. The molecule has 1 aliphatic rings. The van der Waals surface area contributed by atoms with Crippen LogP contribution in [0.5, 0.6) is 0 Å². The van der Waals surface area contributed by atoms with Crippen LogP contribution in [0.25, 0.3) is 0 Å². The summed E-state index contributed by atoms with van der Waals surface area (Å²) >= 11 is 0. The second-order valence-corrected chi connectivity index (χ2v) is 4.93. The van der Waals surface area contributed by atoms with Gasteiger partial charge in [-0.1, -0.05) is 12.1 Å². The molecule has 3 rings (SSSR count). The molecular weight excluding hydrogens is 245 g/mol. The van der Waals surface area contributed by atoms with Crippen molar-refractivity contribution in [3.8, 4) is 0 Å². The van der Waals surface area contributed by atoms with E-state index in [0.29, 0.717) is 12.6 Å². The summed E-state index contributed by atoms with van der Waals surface area (Å²) in [5, 5.41) is 15.1. The molecule has 1 aromatic heterocycles. The maximum atomic E-state index is 13.3. The Kier molecular flexibility index (Phi) is 3.25. The zero-order chi connectivity index (χ0) is 13.2. The van der Waals surface area contributed by atoms with E-state index in [1.54, 1.807) is 10.7 Å². The van der Waals surface area contributed by atoms with Gasteiger partial charge < -0.3 is 5.32 Å². The minimum absolute atomic E-state index is 0.0818. The lowest BCUT2D eigenvalue weighted by atomic mass is 10.1. The third-order valence-corrected chi connectivity index (χ3v) is 3.39. The fourth-order valence-electron chi connectivity index (χ4n) is 2.06.